The van der Waals surface area contributed by atoms with Gasteiger partial charge in [-0.2, -0.15) is 34.8 Å². The SMILES string of the molecule is O=S(=O)(O)C(O)c1cc(C(F)(F)F)cc(C(F)(F)F)c1. The Morgan fingerprint density at radius 1 is 0.900 bits per heavy atom. The number of rotatable bonds is 2. The molecule has 114 valence electrons. The molecule has 1 atom stereocenters. The van der Waals surface area contributed by atoms with Crippen molar-refractivity contribution < 1.29 is 44.4 Å². The van der Waals surface area contributed by atoms with E-state index in [2.05, 4.69) is 0 Å². The van der Waals surface area contributed by atoms with E-state index in [-0.39, 0.29) is 18.2 Å². The minimum atomic E-state index is -5.26. The van der Waals surface area contributed by atoms with Crippen LogP contribution < -0.4 is 0 Å². The summed E-state index contributed by atoms with van der Waals surface area (Å²) in [5.41, 5.74) is -7.75. The number of alkyl halides is 6. The van der Waals surface area contributed by atoms with E-state index in [1.807, 2.05) is 0 Å². The summed E-state index contributed by atoms with van der Waals surface area (Å²) in [5, 5.41) is 9.06. The first-order valence-corrected chi connectivity index (χ1v) is 6.17. The summed E-state index contributed by atoms with van der Waals surface area (Å²) in [6.45, 7) is 0. The molecule has 0 bridgehead atoms. The average molecular weight is 324 g/mol. The molecule has 0 fully saturated rings. The lowest BCUT2D eigenvalue weighted by Gasteiger charge is -2.15. The van der Waals surface area contributed by atoms with E-state index in [0.29, 0.717) is 0 Å². The molecule has 1 unspecified atom stereocenters. The molecule has 0 aliphatic carbocycles. The van der Waals surface area contributed by atoms with Crippen molar-refractivity contribution in [2.24, 2.45) is 0 Å². The van der Waals surface area contributed by atoms with Crippen LogP contribution in [-0.4, -0.2) is 18.1 Å². The lowest BCUT2D eigenvalue weighted by molar-refractivity contribution is -0.143. The van der Waals surface area contributed by atoms with Crippen LogP contribution in [0, 0.1) is 0 Å². The molecule has 1 aromatic rings. The van der Waals surface area contributed by atoms with Crippen molar-refractivity contribution in [3.05, 3.63) is 34.9 Å². The van der Waals surface area contributed by atoms with Crippen molar-refractivity contribution in [1.82, 2.24) is 0 Å². The van der Waals surface area contributed by atoms with Crippen LogP contribution in [0.25, 0.3) is 0 Å². The van der Waals surface area contributed by atoms with Gasteiger partial charge in [-0.3, -0.25) is 4.55 Å². The van der Waals surface area contributed by atoms with E-state index in [9.17, 15) is 34.8 Å². The summed E-state index contributed by atoms with van der Waals surface area (Å²) in [6.07, 6.45) is -10.4. The third-order valence-electron chi connectivity index (χ3n) is 2.18. The van der Waals surface area contributed by atoms with Crippen molar-refractivity contribution in [1.29, 1.82) is 0 Å². The first-order chi connectivity index (χ1) is 8.73. The van der Waals surface area contributed by atoms with Gasteiger partial charge in [-0.1, -0.05) is 0 Å². The molecule has 0 saturated carbocycles. The Kier molecular flexibility index (Phi) is 4.09. The van der Waals surface area contributed by atoms with Crippen LogP contribution in [0.2, 0.25) is 0 Å². The lowest BCUT2D eigenvalue weighted by atomic mass is 10.1. The van der Waals surface area contributed by atoms with Crippen molar-refractivity contribution in [3.8, 4) is 0 Å². The summed E-state index contributed by atoms with van der Waals surface area (Å²) >= 11 is 0. The Labute approximate surface area is 108 Å². The Morgan fingerprint density at radius 2 is 1.25 bits per heavy atom. The predicted octanol–water partition coefficient (Wildman–Crippen LogP) is 2.60. The van der Waals surface area contributed by atoms with Crippen LogP contribution in [0.4, 0.5) is 26.3 Å². The second-order valence-corrected chi connectivity index (χ2v) is 5.18. The fraction of sp³-hybridized carbons (Fsp3) is 0.333. The average Bonchev–Trinajstić information content (AvgIpc) is 2.23. The van der Waals surface area contributed by atoms with Crippen LogP contribution >= 0.6 is 0 Å². The highest BCUT2D eigenvalue weighted by Gasteiger charge is 2.38. The van der Waals surface area contributed by atoms with Gasteiger partial charge < -0.3 is 5.11 Å². The monoisotopic (exact) mass is 324 g/mol. The molecule has 0 aliphatic heterocycles. The molecule has 20 heavy (non-hydrogen) atoms. The molecule has 1 rings (SSSR count). The number of aliphatic hydroxyl groups is 1. The smallest absolute Gasteiger partial charge is 0.371 e. The number of aliphatic hydroxyl groups excluding tert-OH is 1. The van der Waals surface area contributed by atoms with E-state index < -0.39 is 44.6 Å². The molecule has 2 N–H and O–H groups in total. The third-order valence-corrected chi connectivity index (χ3v) is 3.01. The zero-order chi connectivity index (χ0) is 15.9. The van der Waals surface area contributed by atoms with Crippen LogP contribution in [0.1, 0.15) is 22.1 Å². The van der Waals surface area contributed by atoms with Gasteiger partial charge in [0.15, 0.2) is 0 Å². The summed E-state index contributed by atoms with van der Waals surface area (Å²) in [5.74, 6) is 0. The highest BCUT2D eigenvalue weighted by Crippen LogP contribution is 2.37. The number of halogens is 6. The van der Waals surface area contributed by atoms with Gasteiger partial charge in [-0.05, 0) is 23.8 Å². The molecule has 0 spiro atoms. The molecule has 0 saturated heterocycles. The second kappa shape index (κ2) is 4.90. The Bertz CT molecular complexity index is 572. The maximum atomic E-state index is 12.4. The van der Waals surface area contributed by atoms with Gasteiger partial charge in [0.05, 0.1) is 11.1 Å². The minimum Gasteiger partial charge on any atom is -0.371 e. The topological polar surface area (TPSA) is 74.6 Å². The predicted molar refractivity (Wildman–Crippen MR) is 53.0 cm³/mol. The summed E-state index contributed by atoms with van der Waals surface area (Å²) in [4.78, 5) is 0. The van der Waals surface area contributed by atoms with Crippen molar-refractivity contribution >= 4 is 10.1 Å². The van der Waals surface area contributed by atoms with Gasteiger partial charge in [-0.15, -0.1) is 0 Å². The number of benzene rings is 1. The number of hydrogen-bond acceptors (Lipinski definition) is 3. The van der Waals surface area contributed by atoms with Gasteiger partial charge in [0.25, 0.3) is 10.1 Å². The first kappa shape index (κ1) is 16.7. The quantitative estimate of drug-likeness (QED) is 0.648. The zero-order valence-electron chi connectivity index (χ0n) is 9.20. The second-order valence-electron chi connectivity index (χ2n) is 3.71. The summed E-state index contributed by atoms with van der Waals surface area (Å²) in [7, 11) is -5.26. The molecular weight excluding hydrogens is 318 g/mol. The lowest BCUT2D eigenvalue weighted by Crippen LogP contribution is -2.16. The van der Waals surface area contributed by atoms with Gasteiger partial charge in [0.2, 0.25) is 5.44 Å². The van der Waals surface area contributed by atoms with Crippen molar-refractivity contribution in [2.75, 3.05) is 0 Å². The van der Waals surface area contributed by atoms with Crippen molar-refractivity contribution in [2.45, 2.75) is 17.8 Å². The Balaban J connectivity index is 3.55. The fourth-order valence-electron chi connectivity index (χ4n) is 1.29. The molecule has 1 aromatic carbocycles. The number of hydrogen-bond donors (Lipinski definition) is 2. The summed E-state index contributed by atoms with van der Waals surface area (Å²) < 4.78 is 104. The van der Waals surface area contributed by atoms with Crippen LogP contribution in [-0.2, 0) is 22.5 Å². The molecular formula is C9H6F6O4S. The maximum Gasteiger partial charge on any atom is 0.416 e. The van der Waals surface area contributed by atoms with Crippen molar-refractivity contribution in [3.63, 3.8) is 0 Å². The normalized spacial score (nSPS) is 15.2. The molecule has 0 aromatic heterocycles. The molecule has 4 nitrogen and oxygen atoms in total. The van der Waals surface area contributed by atoms with Gasteiger partial charge in [0.1, 0.15) is 0 Å². The fourth-order valence-corrected chi connectivity index (χ4v) is 1.77. The van der Waals surface area contributed by atoms with E-state index >= 15 is 0 Å². The maximum absolute atomic E-state index is 12.4. The Morgan fingerprint density at radius 3 is 1.50 bits per heavy atom. The molecule has 0 aliphatic rings. The van der Waals surface area contributed by atoms with E-state index in [1.54, 1.807) is 0 Å². The summed E-state index contributed by atoms with van der Waals surface area (Å²) in [6, 6.07) is -0.221. The minimum absolute atomic E-state index is 0.00762. The Hall–Kier alpha value is -1.33. The first-order valence-electron chi connectivity index (χ1n) is 4.66. The molecule has 11 heteroatoms. The highest BCUT2D eigenvalue weighted by molar-refractivity contribution is 7.85. The molecule has 0 amide bonds. The van der Waals surface area contributed by atoms with E-state index in [0.717, 1.165) is 0 Å². The van der Waals surface area contributed by atoms with Crippen LogP contribution in [0.3, 0.4) is 0 Å². The van der Waals surface area contributed by atoms with Gasteiger partial charge >= 0.3 is 12.4 Å². The van der Waals surface area contributed by atoms with E-state index in [1.165, 1.54) is 0 Å². The third kappa shape index (κ3) is 3.84. The van der Waals surface area contributed by atoms with Gasteiger partial charge in [-0.25, -0.2) is 0 Å². The van der Waals surface area contributed by atoms with Crippen LogP contribution in [0.15, 0.2) is 18.2 Å². The molecule has 0 heterocycles. The highest BCUT2D eigenvalue weighted by atomic mass is 32.2. The standard InChI is InChI=1S/C9H6F6O4S/c10-8(11,12)5-1-4(7(16)20(17,18)19)2-6(3-5)9(13,14)15/h1-3,7,16H,(H,17,18,19). The molecule has 0 radical (unpaired) electrons. The van der Waals surface area contributed by atoms with Crippen LogP contribution in [0.5, 0.6) is 0 Å². The van der Waals surface area contributed by atoms with Gasteiger partial charge in [0, 0.05) is 0 Å². The zero-order valence-corrected chi connectivity index (χ0v) is 10.0. The van der Waals surface area contributed by atoms with E-state index in [4.69, 9.17) is 9.66 Å². The largest absolute Gasteiger partial charge is 0.416 e.